The van der Waals surface area contributed by atoms with Gasteiger partial charge >= 0.3 is 0 Å². The van der Waals surface area contributed by atoms with E-state index < -0.39 is 0 Å². The summed E-state index contributed by atoms with van der Waals surface area (Å²) >= 11 is 0. The fourth-order valence-corrected chi connectivity index (χ4v) is 1.44. The van der Waals surface area contributed by atoms with E-state index in [1.165, 1.54) is 12.1 Å². The molecule has 0 aromatic heterocycles. The second-order valence-corrected chi connectivity index (χ2v) is 4.03. The van der Waals surface area contributed by atoms with Gasteiger partial charge < -0.3 is 10.6 Å². The molecule has 1 rings (SSSR count). The maximum atomic E-state index is 12.6. The van der Waals surface area contributed by atoms with Crippen LogP contribution in [0.25, 0.3) is 0 Å². The molecule has 1 aromatic rings. The Balaban J connectivity index is 2.20. The summed E-state index contributed by atoms with van der Waals surface area (Å²) in [6.45, 7) is 2.46. The number of halogens is 1. The number of carbonyl (C=O) groups excluding carboxylic acids is 1. The predicted molar refractivity (Wildman–Crippen MR) is 66.3 cm³/mol. The van der Waals surface area contributed by atoms with Crippen molar-refractivity contribution in [1.29, 1.82) is 0 Å². The van der Waals surface area contributed by atoms with Crippen molar-refractivity contribution in [2.24, 2.45) is 0 Å². The Morgan fingerprint density at radius 1 is 1.35 bits per heavy atom. The van der Waals surface area contributed by atoms with E-state index in [0.717, 1.165) is 18.4 Å². The number of nitrogens with one attached hydrogen (secondary N) is 2. The van der Waals surface area contributed by atoms with Crippen LogP contribution in [0.1, 0.15) is 18.9 Å². The molecule has 0 unspecified atom stereocenters. The van der Waals surface area contributed by atoms with Gasteiger partial charge in [-0.1, -0.05) is 12.1 Å². The van der Waals surface area contributed by atoms with Gasteiger partial charge in [-0.2, -0.15) is 0 Å². The third-order valence-electron chi connectivity index (χ3n) is 2.68. The van der Waals surface area contributed by atoms with Gasteiger partial charge in [-0.15, -0.1) is 0 Å². The summed E-state index contributed by atoms with van der Waals surface area (Å²) in [5.74, 6) is -0.212. The van der Waals surface area contributed by atoms with Crippen molar-refractivity contribution in [2.45, 2.75) is 25.8 Å². The first-order chi connectivity index (χ1) is 8.13. The van der Waals surface area contributed by atoms with E-state index in [0.29, 0.717) is 6.54 Å². The summed E-state index contributed by atoms with van der Waals surface area (Å²) in [6, 6.07) is 6.29. The Labute approximate surface area is 101 Å². The molecule has 17 heavy (non-hydrogen) atoms. The zero-order valence-corrected chi connectivity index (χ0v) is 10.3. The van der Waals surface area contributed by atoms with E-state index in [2.05, 4.69) is 10.6 Å². The lowest BCUT2D eigenvalue weighted by Gasteiger charge is -2.10. The molecule has 0 heterocycles. The number of likely N-dealkylation sites (N-methyl/N-ethyl adjacent to an activating group) is 1. The van der Waals surface area contributed by atoms with Gasteiger partial charge in [0.05, 0.1) is 6.04 Å². The summed E-state index contributed by atoms with van der Waals surface area (Å²) in [5.41, 5.74) is 1.09. The zero-order valence-electron chi connectivity index (χ0n) is 10.3. The van der Waals surface area contributed by atoms with Crippen molar-refractivity contribution in [3.8, 4) is 0 Å². The van der Waals surface area contributed by atoms with Crippen LogP contribution in [0.2, 0.25) is 0 Å². The van der Waals surface area contributed by atoms with Crippen molar-refractivity contribution < 1.29 is 9.18 Å². The van der Waals surface area contributed by atoms with E-state index in [1.54, 1.807) is 19.2 Å². The van der Waals surface area contributed by atoms with Crippen LogP contribution in [0.15, 0.2) is 24.3 Å². The first kappa shape index (κ1) is 13.6. The maximum absolute atomic E-state index is 12.6. The Hall–Kier alpha value is -1.42. The topological polar surface area (TPSA) is 41.1 Å². The molecule has 0 radical (unpaired) electrons. The average molecular weight is 238 g/mol. The van der Waals surface area contributed by atoms with Crippen molar-refractivity contribution in [3.63, 3.8) is 0 Å². The SMILES string of the molecule is CN[C@H](C)C(=O)NCCCc1ccc(F)cc1. The summed E-state index contributed by atoms with van der Waals surface area (Å²) in [6.07, 6.45) is 1.70. The van der Waals surface area contributed by atoms with Gasteiger partial charge in [0.25, 0.3) is 0 Å². The lowest BCUT2D eigenvalue weighted by molar-refractivity contribution is -0.122. The van der Waals surface area contributed by atoms with Gasteiger partial charge in [0, 0.05) is 6.54 Å². The lowest BCUT2D eigenvalue weighted by atomic mass is 10.1. The van der Waals surface area contributed by atoms with Crippen molar-refractivity contribution in [1.82, 2.24) is 10.6 Å². The smallest absolute Gasteiger partial charge is 0.236 e. The molecular formula is C13H19FN2O. The molecule has 4 heteroatoms. The van der Waals surface area contributed by atoms with Gasteiger partial charge in [-0.05, 0) is 44.5 Å². The Morgan fingerprint density at radius 2 is 2.00 bits per heavy atom. The van der Waals surface area contributed by atoms with Crippen LogP contribution in [0.3, 0.4) is 0 Å². The van der Waals surface area contributed by atoms with Crippen molar-refractivity contribution >= 4 is 5.91 Å². The Kier molecular flexibility index (Phi) is 5.63. The molecule has 0 aliphatic heterocycles. The van der Waals surface area contributed by atoms with Crippen LogP contribution >= 0.6 is 0 Å². The fourth-order valence-electron chi connectivity index (χ4n) is 1.44. The van der Waals surface area contributed by atoms with E-state index >= 15 is 0 Å². The summed E-state index contributed by atoms with van der Waals surface area (Å²) in [5, 5.41) is 5.72. The highest BCUT2D eigenvalue weighted by Crippen LogP contribution is 2.04. The quantitative estimate of drug-likeness (QED) is 0.737. The summed E-state index contributed by atoms with van der Waals surface area (Å²) < 4.78 is 12.6. The van der Waals surface area contributed by atoms with E-state index in [4.69, 9.17) is 0 Å². The van der Waals surface area contributed by atoms with Crippen LogP contribution in [-0.4, -0.2) is 25.5 Å². The van der Waals surface area contributed by atoms with Crippen LogP contribution < -0.4 is 10.6 Å². The van der Waals surface area contributed by atoms with Gasteiger partial charge in [0.1, 0.15) is 5.82 Å². The van der Waals surface area contributed by atoms with Gasteiger partial charge in [-0.3, -0.25) is 4.79 Å². The highest BCUT2D eigenvalue weighted by atomic mass is 19.1. The second kappa shape index (κ2) is 7.01. The van der Waals surface area contributed by atoms with Crippen LogP contribution in [-0.2, 0) is 11.2 Å². The molecule has 0 fully saturated rings. The molecule has 0 saturated heterocycles. The Bertz CT molecular complexity index is 351. The number of carbonyl (C=O) groups is 1. The van der Waals surface area contributed by atoms with Crippen LogP contribution in [0.4, 0.5) is 4.39 Å². The first-order valence-corrected chi connectivity index (χ1v) is 5.83. The minimum atomic E-state index is -0.218. The molecule has 94 valence electrons. The number of aryl methyl sites for hydroxylation is 1. The summed E-state index contributed by atoms with van der Waals surface area (Å²) in [4.78, 5) is 11.4. The largest absolute Gasteiger partial charge is 0.355 e. The normalized spacial score (nSPS) is 12.2. The number of rotatable bonds is 6. The van der Waals surface area contributed by atoms with E-state index in [-0.39, 0.29) is 17.8 Å². The molecule has 0 saturated carbocycles. The number of benzene rings is 1. The molecule has 0 aliphatic rings. The fraction of sp³-hybridized carbons (Fsp3) is 0.462. The number of amides is 1. The number of hydrogen-bond acceptors (Lipinski definition) is 2. The van der Waals surface area contributed by atoms with Crippen LogP contribution in [0, 0.1) is 5.82 Å². The molecule has 1 amide bonds. The molecule has 1 aromatic carbocycles. The third kappa shape index (κ3) is 4.95. The van der Waals surface area contributed by atoms with Crippen LogP contribution in [0.5, 0.6) is 0 Å². The Morgan fingerprint density at radius 3 is 2.59 bits per heavy atom. The molecule has 0 bridgehead atoms. The zero-order chi connectivity index (χ0) is 12.7. The molecule has 0 spiro atoms. The average Bonchev–Trinajstić information content (AvgIpc) is 2.35. The van der Waals surface area contributed by atoms with Gasteiger partial charge in [0.15, 0.2) is 0 Å². The second-order valence-electron chi connectivity index (χ2n) is 4.03. The van der Waals surface area contributed by atoms with Crippen molar-refractivity contribution in [2.75, 3.05) is 13.6 Å². The van der Waals surface area contributed by atoms with Gasteiger partial charge in [0.2, 0.25) is 5.91 Å². The minimum absolute atomic E-state index is 0.00612. The highest BCUT2D eigenvalue weighted by Gasteiger charge is 2.08. The molecule has 0 aliphatic carbocycles. The van der Waals surface area contributed by atoms with Gasteiger partial charge in [-0.25, -0.2) is 4.39 Å². The standard InChI is InChI=1S/C13H19FN2O/c1-10(15-2)13(17)16-9-3-4-11-5-7-12(14)8-6-11/h5-8,10,15H,3-4,9H2,1-2H3,(H,16,17)/t10-/m1/s1. The first-order valence-electron chi connectivity index (χ1n) is 5.83. The monoisotopic (exact) mass is 238 g/mol. The van der Waals surface area contributed by atoms with E-state index in [9.17, 15) is 9.18 Å². The minimum Gasteiger partial charge on any atom is -0.355 e. The number of hydrogen-bond donors (Lipinski definition) is 2. The maximum Gasteiger partial charge on any atom is 0.236 e. The predicted octanol–water partition coefficient (Wildman–Crippen LogP) is 1.48. The van der Waals surface area contributed by atoms with Crippen molar-refractivity contribution in [3.05, 3.63) is 35.6 Å². The molecule has 3 nitrogen and oxygen atoms in total. The van der Waals surface area contributed by atoms with E-state index in [1.807, 2.05) is 6.92 Å². The lowest BCUT2D eigenvalue weighted by Crippen LogP contribution is -2.40. The molecule has 2 N–H and O–H groups in total. The molecule has 1 atom stereocenters. The molecular weight excluding hydrogens is 219 g/mol. The summed E-state index contributed by atoms with van der Waals surface area (Å²) in [7, 11) is 1.75. The highest BCUT2D eigenvalue weighted by molar-refractivity contribution is 5.81. The third-order valence-corrected chi connectivity index (χ3v) is 2.68.